The van der Waals surface area contributed by atoms with E-state index in [-0.39, 0.29) is 17.0 Å². The first-order valence-electron chi connectivity index (χ1n) is 9.05. The third-order valence-electron chi connectivity index (χ3n) is 5.16. The number of nitrogens with two attached hydrogens (primary N) is 1. The second-order valence-corrected chi connectivity index (χ2v) is 9.33. The molecule has 2 aliphatic rings. The summed E-state index contributed by atoms with van der Waals surface area (Å²) < 4.78 is 26.8. The number of piperazine rings is 1. The average Bonchev–Trinajstić information content (AvgIpc) is 3.48. The molecular weight excluding hydrogens is 366 g/mol. The van der Waals surface area contributed by atoms with E-state index in [1.54, 1.807) is 28.6 Å². The number of aromatic hydroxyl groups is 1. The third-order valence-corrected chi connectivity index (χ3v) is 7.67. The molecule has 0 radical (unpaired) electrons. The normalized spacial score (nSPS) is 21.4. The molecule has 2 heterocycles. The van der Waals surface area contributed by atoms with Crippen LogP contribution in [-0.4, -0.2) is 59.0 Å². The molecule has 1 aliphatic heterocycles. The topological polar surface area (TPSA) is 113 Å². The molecule has 4 rings (SSSR count). The van der Waals surface area contributed by atoms with Crippen molar-refractivity contribution in [2.45, 2.75) is 31.1 Å². The minimum atomic E-state index is -3.20. The highest BCUT2D eigenvalue weighted by Gasteiger charge is 2.43. The van der Waals surface area contributed by atoms with Gasteiger partial charge in [-0.2, -0.15) is 4.31 Å². The zero-order chi connectivity index (χ0) is 19.2. The predicted molar refractivity (Wildman–Crippen MR) is 104 cm³/mol. The predicted octanol–water partition coefficient (Wildman–Crippen LogP) is 1.43. The molecule has 1 saturated heterocycles. The van der Waals surface area contributed by atoms with Gasteiger partial charge in [-0.15, -0.1) is 10.2 Å². The Labute approximate surface area is 158 Å². The summed E-state index contributed by atoms with van der Waals surface area (Å²) in [7, 11) is -3.20. The summed E-state index contributed by atoms with van der Waals surface area (Å²) in [5, 5.41) is 18.0. The quantitative estimate of drug-likeness (QED) is 0.813. The molecule has 0 spiro atoms. The number of benzene rings is 1. The summed E-state index contributed by atoms with van der Waals surface area (Å²) in [4.78, 5) is 2.04. The first-order valence-corrected chi connectivity index (χ1v) is 10.6. The molecule has 2 aromatic rings. The van der Waals surface area contributed by atoms with Gasteiger partial charge < -0.3 is 15.7 Å². The van der Waals surface area contributed by atoms with Crippen LogP contribution in [0.2, 0.25) is 0 Å². The van der Waals surface area contributed by atoms with Crippen LogP contribution in [0.4, 0.5) is 11.5 Å². The van der Waals surface area contributed by atoms with E-state index < -0.39 is 10.0 Å². The summed E-state index contributed by atoms with van der Waals surface area (Å²) >= 11 is 0. The lowest BCUT2D eigenvalue weighted by Gasteiger charge is -2.40. The highest BCUT2D eigenvalue weighted by molar-refractivity contribution is 7.90. The van der Waals surface area contributed by atoms with E-state index in [0.29, 0.717) is 42.4 Å². The Bertz CT molecular complexity index is 961. The fraction of sp³-hybridized carbons (Fsp3) is 0.444. The summed E-state index contributed by atoms with van der Waals surface area (Å²) in [6.07, 6.45) is 1.53. The molecule has 1 saturated carbocycles. The number of sulfonamides is 1. The number of hydrogen-bond acceptors (Lipinski definition) is 7. The van der Waals surface area contributed by atoms with E-state index in [0.717, 1.165) is 12.8 Å². The number of nitrogens with zero attached hydrogens (tertiary/aromatic N) is 4. The monoisotopic (exact) mass is 389 g/mol. The number of para-hydroxylation sites is 1. The molecule has 9 heteroatoms. The van der Waals surface area contributed by atoms with E-state index in [1.807, 2.05) is 17.9 Å². The SMILES string of the molecule is CC1CN(c2cc(-c3ccccc3O)nnc2N)CCN1S(=O)(=O)C1CC1. The Kier molecular flexibility index (Phi) is 4.43. The molecule has 1 atom stereocenters. The standard InChI is InChI=1S/C18H23N5O3S/c1-12-11-22(8-9-23(12)27(25,26)13-6-7-13)16-10-15(20-21-18(16)19)14-4-2-3-5-17(14)24/h2-5,10,12-13,24H,6-9,11H2,1H3,(H2,19,21). The Balaban J connectivity index is 1.59. The first kappa shape index (κ1) is 18.0. The molecule has 2 fully saturated rings. The Hall–Kier alpha value is -2.39. The van der Waals surface area contributed by atoms with Crippen molar-refractivity contribution >= 4 is 21.5 Å². The van der Waals surface area contributed by atoms with Crippen LogP contribution in [0.1, 0.15) is 19.8 Å². The van der Waals surface area contributed by atoms with E-state index in [4.69, 9.17) is 5.73 Å². The van der Waals surface area contributed by atoms with Crippen LogP contribution in [0.3, 0.4) is 0 Å². The summed E-state index contributed by atoms with van der Waals surface area (Å²) in [5.74, 6) is 0.413. The first-order chi connectivity index (χ1) is 12.9. The van der Waals surface area contributed by atoms with Crippen molar-refractivity contribution in [3.8, 4) is 17.0 Å². The molecule has 144 valence electrons. The molecule has 1 unspecified atom stereocenters. The van der Waals surface area contributed by atoms with Crippen LogP contribution >= 0.6 is 0 Å². The van der Waals surface area contributed by atoms with Gasteiger partial charge in [0.1, 0.15) is 5.75 Å². The number of anilines is 2. The second-order valence-electron chi connectivity index (χ2n) is 7.17. The van der Waals surface area contributed by atoms with Crippen LogP contribution < -0.4 is 10.6 Å². The van der Waals surface area contributed by atoms with Crippen molar-refractivity contribution in [2.75, 3.05) is 30.3 Å². The minimum absolute atomic E-state index is 0.122. The molecule has 0 amide bonds. The van der Waals surface area contributed by atoms with Gasteiger partial charge >= 0.3 is 0 Å². The molecule has 1 aromatic heterocycles. The van der Waals surface area contributed by atoms with Gasteiger partial charge in [-0.05, 0) is 38.0 Å². The van der Waals surface area contributed by atoms with Gasteiger partial charge in [-0.25, -0.2) is 8.42 Å². The van der Waals surface area contributed by atoms with E-state index in [2.05, 4.69) is 10.2 Å². The fourth-order valence-electron chi connectivity index (χ4n) is 3.56. The van der Waals surface area contributed by atoms with Crippen LogP contribution in [0.15, 0.2) is 30.3 Å². The lowest BCUT2D eigenvalue weighted by molar-refractivity contribution is 0.306. The molecule has 1 aromatic carbocycles. The average molecular weight is 389 g/mol. The highest BCUT2D eigenvalue weighted by Crippen LogP contribution is 2.35. The van der Waals surface area contributed by atoms with Crippen LogP contribution in [0, 0.1) is 0 Å². The van der Waals surface area contributed by atoms with Gasteiger partial charge in [0.2, 0.25) is 10.0 Å². The third kappa shape index (κ3) is 3.32. The van der Waals surface area contributed by atoms with Gasteiger partial charge in [0.15, 0.2) is 5.82 Å². The molecular formula is C18H23N5O3S. The Morgan fingerprint density at radius 1 is 1.19 bits per heavy atom. The van der Waals surface area contributed by atoms with E-state index in [9.17, 15) is 13.5 Å². The minimum Gasteiger partial charge on any atom is -0.507 e. The number of aromatic nitrogens is 2. The van der Waals surface area contributed by atoms with Crippen LogP contribution in [0.5, 0.6) is 5.75 Å². The smallest absolute Gasteiger partial charge is 0.217 e. The largest absolute Gasteiger partial charge is 0.507 e. The van der Waals surface area contributed by atoms with Crippen molar-refractivity contribution in [3.63, 3.8) is 0 Å². The zero-order valence-corrected chi connectivity index (χ0v) is 15.9. The number of phenols is 1. The molecule has 27 heavy (non-hydrogen) atoms. The van der Waals surface area contributed by atoms with Crippen molar-refractivity contribution in [1.82, 2.24) is 14.5 Å². The maximum absolute atomic E-state index is 12.6. The number of phenolic OH excluding ortho intramolecular Hbond substituents is 1. The second kappa shape index (κ2) is 6.65. The zero-order valence-electron chi connectivity index (χ0n) is 15.1. The lowest BCUT2D eigenvalue weighted by Crippen LogP contribution is -2.54. The van der Waals surface area contributed by atoms with E-state index in [1.165, 1.54) is 0 Å². The summed E-state index contributed by atoms with van der Waals surface area (Å²) in [5.41, 5.74) is 7.86. The summed E-state index contributed by atoms with van der Waals surface area (Å²) in [6.45, 7) is 3.41. The molecule has 1 aliphatic carbocycles. The van der Waals surface area contributed by atoms with E-state index >= 15 is 0 Å². The van der Waals surface area contributed by atoms with Crippen LogP contribution in [0.25, 0.3) is 11.3 Å². The van der Waals surface area contributed by atoms with Gasteiger partial charge in [-0.3, -0.25) is 0 Å². The van der Waals surface area contributed by atoms with Crippen molar-refractivity contribution in [3.05, 3.63) is 30.3 Å². The maximum atomic E-state index is 12.6. The van der Waals surface area contributed by atoms with Crippen LogP contribution in [-0.2, 0) is 10.0 Å². The fourth-order valence-corrected chi connectivity index (χ4v) is 5.58. The van der Waals surface area contributed by atoms with Gasteiger partial charge in [0.05, 0.1) is 16.6 Å². The van der Waals surface area contributed by atoms with Gasteiger partial charge in [0, 0.05) is 31.2 Å². The lowest BCUT2D eigenvalue weighted by atomic mass is 10.1. The van der Waals surface area contributed by atoms with Gasteiger partial charge in [0.25, 0.3) is 0 Å². The maximum Gasteiger partial charge on any atom is 0.217 e. The number of hydrogen-bond donors (Lipinski definition) is 2. The highest BCUT2D eigenvalue weighted by atomic mass is 32.2. The Morgan fingerprint density at radius 2 is 1.93 bits per heavy atom. The van der Waals surface area contributed by atoms with Crippen molar-refractivity contribution in [2.24, 2.45) is 0 Å². The molecule has 0 bridgehead atoms. The molecule has 3 N–H and O–H groups in total. The molecule has 8 nitrogen and oxygen atoms in total. The van der Waals surface area contributed by atoms with Crippen molar-refractivity contribution < 1.29 is 13.5 Å². The Morgan fingerprint density at radius 3 is 2.59 bits per heavy atom. The summed E-state index contributed by atoms with van der Waals surface area (Å²) in [6, 6.07) is 8.57. The van der Waals surface area contributed by atoms with Crippen molar-refractivity contribution in [1.29, 1.82) is 0 Å². The number of nitrogen functional groups attached to an aromatic ring is 1. The van der Waals surface area contributed by atoms with Gasteiger partial charge in [-0.1, -0.05) is 12.1 Å². The number of rotatable bonds is 4.